The molecule has 21 heavy (non-hydrogen) atoms. The molecule has 7 heteroatoms. The quantitative estimate of drug-likeness (QED) is 0.592. The van der Waals surface area contributed by atoms with Crippen LogP contribution in [0.2, 0.25) is 0 Å². The molecule has 114 valence electrons. The Kier molecular flexibility index (Phi) is 6.19. The van der Waals surface area contributed by atoms with Gasteiger partial charge in [0.25, 0.3) is 5.91 Å². The molecule has 0 heterocycles. The largest absolute Gasteiger partial charge is 0.465 e. The molecule has 0 aliphatic rings. The molecule has 1 rings (SSSR count). The van der Waals surface area contributed by atoms with Gasteiger partial charge in [-0.2, -0.15) is 0 Å². The maximum atomic E-state index is 12.0. The van der Waals surface area contributed by atoms with Crippen molar-refractivity contribution in [3.63, 3.8) is 0 Å². The van der Waals surface area contributed by atoms with Gasteiger partial charge in [-0.25, -0.2) is 4.79 Å². The molecule has 0 radical (unpaired) electrons. The summed E-state index contributed by atoms with van der Waals surface area (Å²) in [7, 11) is 0. The summed E-state index contributed by atoms with van der Waals surface area (Å²) in [5.74, 6) is -1.66. The van der Waals surface area contributed by atoms with Crippen LogP contribution in [0.25, 0.3) is 0 Å². The van der Waals surface area contributed by atoms with E-state index >= 15 is 0 Å². The van der Waals surface area contributed by atoms with Crippen LogP contribution in [-0.2, 0) is 14.3 Å². The van der Waals surface area contributed by atoms with E-state index in [0.29, 0.717) is 0 Å². The fourth-order valence-electron chi connectivity index (χ4n) is 1.55. The topological polar surface area (TPSA) is 108 Å². The van der Waals surface area contributed by atoms with E-state index in [9.17, 15) is 14.4 Å². The van der Waals surface area contributed by atoms with Crippen molar-refractivity contribution in [2.75, 3.05) is 25.5 Å². The number of carbonyl (C=O) groups excluding carboxylic acids is 3. The van der Waals surface area contributed by atoms with E-state index in [2.05, 4.69) is 5.32 Å². The zero-order chi connectivity index (χ0) is 15.8. The number of benzene rings is 1. The summed E-state index contributed by atoms with van der Waals surface area (Å²) >= 11 is 0. The lowest BCUT2D eigenvalue weighted by Gasteiger charge is -2.09. The van der Waals surface area contributed by atoms with Crippen molar-refractivity contribution < 1.29 is 23.9 Å². The molecule has 0 bridgehead atoms. The van der Waals surface area contributed by atoms with Crippen LogP contribution in [0, 0.1) is 0 Å². The van der Waals surface area contributed by atoms with E-state index in [1.54, 1.807) is 13.8 Å². The van der Waals surface area contributed by atoms with E-state index in [1.165, 1.54) is 18.2 Å². The number of carbonyl (C=O) groups is 3. The lowest BCUT2D eigenvalue weighted by Crippen LogP contribution is -2.31. The number of esters is 2. The van der Waals surface area contributed by atoms with Crippen LogP contribution < -0.4 is 11.1 Å². The highest BCUT2D eigenvalue weighted by atomic mass is 16.5. The first-order valence-electron chi connectivity index (χ1n) is 6.50. The normalized spacial score (nSPS) is 9.81. The lowest BCUT2D eigenvalue weighted by atomic mass is 10.1. The Balaban J connectivity index is 2.81. The minimum Gasteiger partial charge on any atom is -0.465 e. The Morgan fingerprint density at radius 2 is 1.81 bits per heavy atom. The minimum atomic E-state index is -0.563. The fourth-order valence-corrected chi connectivity index (χ4v) is 1.55. The third kappa shape index (κ3) is 4.79. The summed E-state index contributed by atoms with van der Waals surface area (Å²) < 4.78 is 9.54. The summed E-state index contributed by atoms with van der Waals surface area (Å²) in [6.45, 7) is 3.54. The molecule has 0 fully saturated rings. The van der Waals surface area contributed by atoms with Gasteiger partial charge < -0.3 is 20.5 Å². The standard InChI is InChI=1S/C14H18N2O5/c1-3-20-12(17)8-16-13(18)10-7-9(5-6-11(10)15)14(19)21-4-2/h5-7H,3-4,8,15H2,1-2H3,(H,16,18). The number of amides is 1. The van der Waals surface area contributed by atoms with E-state index in [1.807, 2.05) is 0 Å². The first-order chi connectivity index (χ1) is 9.99. The number of nitrogens with two attached hydrogens (primary N) is 1. The summed E-state index contributed by atoms with van der Waals surface area (Å²) in [6, 6.07) is 4.23. The number of hydrogen-bond acceptors (Lipinski definition) is 6. The van der Waals surface area contributed by atoms with Gasteiger partial charge in [0.05, 0.1) is 24.3 Å². The van der Waals surface area contributed by atoms with Gasteiger partial charge in [0.2, 0.25) is 0 Å². The summed E-state index contributed by atoms with van der Waals surface area (Å²) in [5.41, 5.74) is 6.22. The summed E-state index contributed by atoms with van der Waals surface area (Å²) in [5, 5.41) is 2.38. The summed E-state index contributed by atoms with van der Waals surface area (Å²) in [6.07, 6.45) is 0. The predicted octanol–water partition coefficient (Wildman–Crippen LogP) is 0.738. The maximum absolute atomic E-state index is 12.0. The van der Waals surface area contributed by atoms with Gasteiger partial charge in [-0.1, -0.05) is 0 Å². The van der Waals surface area contributed by atoms with Crippen molar-refractivity contribution in [2.45, 2.75) is 13.8 Å². The van der Waals surface area contributed by atoms with Crippen molar-refractivity contribution in [3.05, 3.63) is 29.3 Å². The number of nitrogen functional groups attached to an aromatic ring is 1. The van der Waals surface area contributed by atoms with Gasteiger partial charge in [0, 0.05) is 5.69 Å². The maximum Gasteiger partial charge on any atom is 0.338 e. The molecule has 0 saturated heterocycles. The molecule has 1 amide bonds. The molecule has 1 aromatic rings. The van der Waals surface area contributed by atoms with E-state index in [-0.39, 0.29) is 36.6 Å². The SMILES string of the molecule is CCOC(=O)CNC(=O)c1cc(C(=O)OCC)ccc1N. The second-order valence-corrected chi connectivity index (χ2v) is 4.01. The second kappa shape index (κ2) is 7.88. The average Bonchev–Trinajstić information content (AvgIpc) is 2.45. The van der Waals surface area contributed by atoms with Gasteiger partial charge in [0.15, 0.2) is 0 Å². The molecular formula is C14H18N2O5. The van der Waals surface area contributed by atoms with Gasteiger partial charge in [-0.15, -0.1) is 0 Å². The van der Waals surface area contributed by atoms with E-state index in [4.69, 9.17) is 15.2 Å². The molecule has 0 atom stereocenters. The van der Waals surface area contributed by atoms with Crippen LogP contribution in [-0.4, -0.2) is 37.6 Å². The number of rotatable bonds is 6. The van der Waals surface area contributed by atoms with Crippen LogP contribution in [0.5, 0.6) is 0 Å². The third-order valence-corrected chi connectivity index (χ3v) is 2.51. The van der Waals surface area contributed by atoms with Gasteiger partial charge in [-0.3, -0.25) is 9.59 Å². The van der Waals surface area contributed by atoms with Crippen LogP contribution in [0.1, 0.15) is 34.6 Å². The molecular weight excluding hydrogens is 276 g/mol. The molecule has 0 saturated carbocycles. The highest BCUT2D eigenvalue weighted by Crippen LogP contribution is 2.15. The summed E-state index contributed by atoms with van der Waals surface area (Å²) in [4.78, 5) is 34.8. The minimum absolute atomic E-state index is 0.102. The molecule has 1 aromatic carbocycles. The molecule has 0 spiro atoms. The molecule has 0 aliphatic heterocycles. The number of nitrogens with one attached hydrogen (secondary N) is 1. The van der Waals surface area contributed by atoms with Crippen molar-refractivity contribution >= 4 is 23.5 Å². The van der Waals surface area contributed by atoms with Crippen molar-refractivity contribution in [1.29, 1.82) is 0 Å². The van der Waals surface area contributed by atoms with Crippen molar-refractivity contribution in [2.24, 2.45) is 0 Å². The van der Waals surface area contributed by atoms with Crippen molar-refractivity contribution in [3.8, 4) is 0 Å². The molecule has 0 aliphatic carbocycles. The van der Waals surface area contributed by atoms with Gasteiger partial charge in [-0.05, 0) is 32.0 Å². The first-order valence-corrected chi connectivity index (χ1v) is 6.50. The van der Waals surface area contributed by atoms with Crippen LogP contribution in [0.4, 0.5) is 5.69 Å². The van der Waals surface area contributed by atoms with E-state index < -0.39 is 17.8 Å². The highest BCUT2D eigenvalue weighted by Gasteiger charge is 2.15. The Morgan fingerprint density at radius 3 is 2.43 bits per heavy atom. The van der Waals surface area contributed by atoms with Crippen LogP contribution in [0.15, 0.2) is 18.2 Å². The predicted molar refractivity (Wildman–Crippen MR) is 75.8 cm³/mol. The highest BCUT2D eigenvalue weighted by molar-refractivity contribution is 6.02. The Bertz CT molecular complexity index is 542. The number of anilines is 1. The van der Waals surface area contributed by atoms with Crippen molar-refractivity contribution in [1.82, 2.24) is 5.32 Å². The second-order valence-electron chi connectivity index (χ2n) is 4.01. The van der Waals surface area contributed by atoms with Gasteiger partial charge >= 0.3 is 11.9 Å². The smallest absolute Gasteiger partial charge is 0.338 e. The molecule has 0 unspecified atom stereocenters. The number of ether oxygens (including phenoxy) is 2. The Morgan fingerprint density at radius 1 is 1.14 bits per heavy atom. The van der Waals surface area contributed by atoms with Crippen LogP contribution >= 0.6 is 0 Å². The lowest BCUT2D eigenvalue weighted by molar-refractivity contribution is -0.141. The molecule has 3 N–H and O–H groups in total. The third-order valence-electron chi connectivity index (χ3n) is 2.51. The number of hydrogen-bond donors (Lipinski definition) is 2. The average molecular weight is 294 g/mol. The van der Waals surface area contributed by atoms with E-state index in [0.717, 1.165) is 0 Å². The zero-order valence-electron chi connectivity index (χ0n) is 12.0. The first kappa shape index (κ1) is 16.5. The zero-order valence-corrected chi connectivity index (χ0v) is 12.0. The molecule has 0 aromatic heterocycles. The van der Waals surface area contributed by atoms with Crippen LogP contribution in [0.3, 0.4) is 0 Å². The van der Waals surface area contributed by atoms with Gasteiger partial charge in [0.1, 0.15) is 6.54 Å². The molecule has 7 nitrogen and oxygen atoms in total. The monoisotopic (exact) mass is 294 g/mol. The Labute approximate surface area is 122 Å². The Hall–Kier alpha value is -2.57. The fraction of sp³-hybridized carbons (Fsp3) is 0.357.